The third-order valence-corrected chi connectivity index (χ3v) is 4.84. The molecule has 25 heavy (non-hydrogen) atoms. The van der Waals surface area contributed by atoms with E-state index in [2.05, 4.69) is 11.1 Å². The van der Waals surface area contributed by atoms with Crippen LogP contribution >= 0.6 is 0 Å². The molecule has 2 aliphatic rings. The molecule has 5 nitrogen and oxygen atoms in total. The molecule has 0 bridgehead atoms. The highest BCUT2D eigenvalue weighted by atomic mass is 19.1. The summed E-state index contributed by atoms with van der Waals surface area (Å²) >= 11 is 0. The van der Waals surface area contributed by atoms with Crippen molar-refractivity contribution in [3.63, 3.8) is 0 Å². The minimum absolute atomic E-state index is 0.0803. The molecular weight excluding hydrogens is 321 g/mol. The molecule has 1 aliphatic carbocycles. The maximum Gasteiger partial charge on any atom is 0.234 e. The van der Waals surface area contributed by atoms with Crippen LogP contribution in [0, 0.1) is 17.1 Å². The summed E-state index contributed by atoms with van der Waals surface area (Å²) in [5, 5.41) is 9.44. The fraction of sp³-hybridized carbons (Fsp3) is 0.474. The Kier molecular flexibility index (Phi) is 3.97. The molecule has 1 aromatic carbocycles. The normalized spacial score (nSPS) is 28.6. The van der Waals surface area contributed by atoms with Crippen LogP contribution in [0.15, 0.2) is 28.7 Å². The molecule has 0 radical (unpaired) electrons. The van der Waals surface area contributed by atoms with Crippen molar-refractivity contribution in [2.45, 2.75) is 44.3 Å². The van der Waals surface area contributed by atoms with Gasteiger partial charge in [-0.1, -0.05) is 12.1 Å². The number of hydrogen-bond acceptors (Lipinski definition) is 5. The molecule has 2 fully saturated rings. The summed E-state index contributed by atoms with van der Waals surface area (Å²) in [7, 11) is 0. The zero-order chi connectivity index (χ0) is 17.6. The van der Waals surface area contributed by atoms with Crippen LogP contribution in [0.2, 0.25) is 0 Å². The van der Waals surface area contributed by atoms with Gasteiger partial charge in [0.05, 0.1) is 12.2 Å². The van der Waals surface area contributed by atoms with Gasteiger partial charge in [0.2, 0.25) is 17.5 Å². The Balaban J connectivity index is 1.56. The first-order valence-corrected chi connectivity index (χ1v) is 8.62. The third kappa shape index (κ3) is 3.12. The van der Waals surface area contributed by atoms with Crippen molar-refractivity contribution in [2.24, 2.45) is 0 Å². The van der Waals surface area contributed by atoms with Crippen LogP contribution in [0.3, 0.4) is 0 Å². The Bertz CT molecular complexity index is 801. The number of morpholine rings is 1. The maximum absolute atomic E-state index is 13.1. The molecular formula is C19H20FN3O2. The molecule has 6 heteroatoms. The van der Waals surface area contributed by atoms with Crippen molar-refractivity contribution in [1.82, 2.24) is 4.98 Å². The van der Waals surface area contributed by atoms with Gasteiger partial charge in [-0.25, -0.2) is 9.37 Å². The number of nitriles is 1. The Labute approximate surface area is 146 Å². The van der Waals surface area contributed by atoms with Crippen LogP contribution in [0.5, 0.6) is 0 Å². The predicted octanol–water partition coefficient (Wildman–Crippen LogP) is 3.57. The van der Waals surface area contributed by atoms with Crippen molar-refractivity contribution in [1.29, 1.82) is 5.26 Å². The topological polar surface area (TPSA) is 62.3 Å². The highest BCUT2D eigenvalue weighted by Crippen LogP contribution is 2.55. The molecule has 0 amide bonds. The Morgan fingerprint density at radius 2 is 1.84 bits per heavy atom. The number of halogens is 1. The molecule has 0 spiro atoms. The molecule has 0 N–H and O–H groups in total. The van der Waals surface area contributed by atoms with E-state index >= 15 is 0 Å². The number of anilines is 1. The number of benzene rings is 1. The third-order valence-electron chi connectivity index (χ3n) is 4.84. The second-order valence-electron chi connectivity index (χ2n) is 6.98. The average molecular weight is 341 g/mol. The fourth-order valence-corrected chi connectivity index (χ4v) is 3.66. The Morgan fingerprint density at radius 3 is 2.48 bits per heavy atom. The molecule has 1 aliphatic heterocycles. The summed E-state index contributed by atoms with van der Waals surface area (Å²) in [6.45, 7) is 5.38. The van der Waals surface area contributed by atoms with E-state index in [-0.39, 0.29) is 29.9 Å². The number of oxazole rings is 1. The summed E-state index contributed by atoms with van der Waals surface area (Å²) in [5.74, 6) is 1.35. The maximum atomic E-state index is 13.1. The second-order valence-corrected chi connectivity index (χ2v) is 6.98. The zero-order valence-electron chi connectivity index (χ0n) is 14.3. The molecule has 4 atom stereocenters. The average Bonchev–Trinajstić information content (AvgIpc) is 3.25. The van der Waals surface area contributed by atoms with Crippen LogP contribution in [0.4, 0.5) is 10.3 Å². The van der Waals surface area contributed by atoms with Crippen LogP contribution in [-0.4, -0.2) is 30.3 Å². The van der Waals surface area contributed by atoms with E-state index in [9.17, 15) is 9.65 Å². The van der Waals surface area contributed by atoms with Gasteiger partial charge in [-0.2, -0.15) is 5.26 Å². The number of nitrogens with zero attached hydrogens (tertiary/aromatic N) is 3. The Morgan fingerprint density at radius 1 is 1.16 bits per heavy atom. The summed E-state index contributed by atoms with van der Waals surface area (Å²) in [6, 6.07) is 8.71. The van der Waals surface area contributed by atoms with Crippen LogP contribution in [0.1, 0.15) is 49.3 Å². The number of hydrogen-bond donors (Lipinski definition) is 0. The highest BCUT2D eigenvalue weighted by Gasteiger charge is 2.44. The highest BCUT2D eigenvalue weighted by molar-refractivity contribution is 5.49. The molecule has 4 rings (SSSR count). The van der Waals surface area contributed by atoms with Gasteiger partial charge in [0.15, 0.2) is 0 Å². The van der Waals surface area contributed by atoms with E-state index in [1.807, 2.05) is 18.7 Å². The van der Waals surface area contributed by atoms with E-state index in [1.54, 1.807) is 12.1 Å². The van der Waals surface area contributed by atoms with Crippen LogP contribution < -0.4 is 4.90 Å². The molecule has 130 valence electrons. The summed E-state index contributed by atoms with van der Waals surface area (Å²) < 4.78 is 24.8. The van der Waals surface area contributed by atoms with E-state index in [4.69, 9.17) is 9.15 Å². The van der Waals surface area contributed by atoms with Gasteiger partial charge in [-0.3, -0.25) is 0 Å². The lowest BCUT2D eigenvalue weighted by Gasteiger charge is -2.34. The van der Waals surface area contributed by atoms with Crippen LogP contribution in [0.25, 0.3) is 0 Å². The number of aromatic nitrogens is 1. The molecule has 1 saturated carbocycles. The quantitative estimate of drug-likeness (QED) is 0.854. The van der Waals surface area contributed by atoms with Crippen molar-refractivity contribution < 1.29 is 13.5 Å². The van der Waals surface area contributed by atoms with Crippen LogP contribution in [-0.2, 0) is 4.74 Å². The molecule has 2 aromatic rings. The van der Waals surface area contributed by atoms with Crippen molar-refractivity contribution in [3.05, 3.63) is 47.2 Å². The van der Waals surface area contributed by atoms with Crippen molar-refractivity contribution in [2.75, 3.05) is 18.0 Å². The van der Waals surface area contributed by atoms with Crippen molar-refractivity contribution in [3.8, 4) is 6.07 Å². The molecule has 2 heterocycles. The van der Waals surface area contributed by atoms with Gasteiger partial charge in [-0.15, -0.1) is 0 Å². The number of rotatable bonds is 3. The lowest BCUT2D eigenvalue weighted by atomic mass is 10.1. The molecule has 4 unspecified atom stereocenters. The fourth-order valence-electron chi connectivity index (χ4n) is 3.66. The van der Waals surface area contributed by atoms with E-state index in [0.29, 0.717) is 30.6 Å². The van der Waals surface area contributed by atoms with Gasteiger partial charge < -0.3 is 14.1 Å². The smallest absolute Gasteiger partial charge is 0.234 e. The Hall–Kier alpha value is -2.39. The lowest BCUT2D eigenvalue weighted by molar-refractivity contribution is -0.00647. The molecule has 1 aromatic heterocycles. The van der Waals surface area contributed by atoms with E-state index < -0.39 is 0 Å². The minimum atomic E-state index is -0.235. The first-order chi connectivity index (χ1) is 12.0. The first kappa shape index (κ1) is 16.1. The largest absolute Gasteiger partial charge is 0.423 e. The van der Waals surface area contributed by atoms with E-state index in [0.717, 1.165) is 12.0 Å². The summed E-state index contributed by atoms with van der Waals surface area (Å²) in [4.78, 5) is 6.47. The lowest BCUT2D eigenvalue weighted by Crippen LogP contribution is -2.45. The molecule has 1 saturated heterocycles. The predicted molar refractivity (Wildman–Crippen MR) is 89.9 cm³/mol. The van der Waals surface area contributed by atoms with Gasteiger partial charge in [0, 0.05) is 19.0 Å². The van der Waals surface area contributed by atoms with Gasteiger partial charge in [-0.05, 0) is 43.9 Å². The summed E-state index contributed by atoms with van der Waals surface area (Å²) in [5.41, 5.74) is 1.42. The SMILES string of the molecule is CC1CN(c2oc(C3CC3c3ccc(F)cc3)nc2C#N)CC(C)O1. The van der Waals surface area contributed by atoms with E-state index in [1.165, 1.54) is 12.1 Å². The monoisotopic (exact) mass is 341 g/mol. The van der Waals surface area contributed by atoms with Gasteiger partial charge in [0.1, 0.15) is 11.9 Å². The first-order valence-electron chi connectivity index (χ1n) is 8.62. The zero-order valence-corrected chi connectivity index (χ0v) is 14.3. The minimum Gasteiger partial charge on any atom is -0.423 e. The van der Waals surface area contributed by atoms with Crippen molar-refractivity contribution >= 4 is 5.88 Å². The second kappa shape index (κ2) is 6.16. The standard InChI is InChI=1S/C19H20FN3O2/c1-11-9-23(10-12(2)24-11)19-17(8-21)22-18(25-19)16-7-15(16)13-3-5-14(20)6-4-13/h3-6,11-12,15-16H,7,9-10H2,1-2H3. The van der Waals surface area contributed by atoms with Gasteiger partial charge in [0.25, 0.3) is 0 Å². The number of ether oxygens (including phenoxy) is 1. The van der Waals surface area contributed by atoms with Gasteiger partial charge >= 0.3 is 0 Å². The summed E-state index contributed by atoms with van der Waals surface area (Å²) in [6.07, 6.45) is 1.07.